The molecule has 2 aromatic rings. The van der Waals surface area contributed by atoms with Crippen LogP contribution in [0.2, 0.25) is 0 Å². The van der Waals surface area contributed by atoms with Crippen molar-refractivity contribution in [1.82, 2.24) is 10.6 Å². The molecule has 0 spiro atoms. The maximum absolute atomic E-state index is 12.4. The van der Waals surface area contributed by atoms with E-state index in [2.05, 4.69) is 10.6 Å². The monoisotopic (exact) mass is 341 g/mol. The minimum atomic E-state index is -1.22. The Hall–Kier alpha value is -3.02. The third-order valence-corrected chi connectivity index (χ3v) is 3.82. The second-order valence-electron chi connectivity index (χ2n) is 5.97. The van der Waals surface area contributed by atoms with Gasteiger partial charge in [-0.3, -0.25) is 4.79 Å². The summed E-state index contributed by atoms with van der Waals surface area (Å²) in [6, 6.07) is 16.3. The fraction of sp³-hybridized carbons (Fsp3) is 0.263. The highest BCUT2D eigenvalue weighted by Gasteiger charge is 2.20. The second-order valence-corrected chi connectivity index (χ2v) is 5.97. The molecule has 25 heavy (non-hydrogen) atoms. The Morgan fingerprint density at radius 1 is 1.00 bits per heavy atom. The van der Waals surface area contributed by atoms with Crippen LogP contribution in [-0.2, 0) is 17.8 Å². The van der Waals surface area contributed by atoms with Crippen LogP contribution in [0.25, 0.3) is 0 Å². The molecule has 6 heteroatoms. The van der Waals surface area contributed by atoms with E-state index < -0.39 is 12.1 Å². The summed E-state index contributed by atoms with van der Waals surface area (Å²) in [7, 11) is 3.92. The Morgan fingerprint density at radius 3 is 2.20 bits per heavy atom. The van der Waals surface area contributed by atoms with Crippen LogP contribution >= 0.6 is 0 Å². The Balaban J connectivity index is 1.97. The molecule has 2 rings (SSSR count). The highest BCUT2D eigenvalue weighted by Crippen LogP contribution is 2.12. The molecule has 0 aliphatic heterocycles. The zero-order valence-corrected chi connectivity index (χ0v) is 14.4. The molecular formula is C19H23N3O3. The average molecular weight is 341 g/mol. The van der Waals surface area contributed by atoms with Gasteiger partial charge in [0.1, 0.15) is 6.04 Å². The molecule has 0 aromatic heterocycles. The van der Waals surface area contributed by atoms with E-state index in [1.165, 1.54) is 0 Å². The van der Waals surface area contributed by atoms with E-state index >= 15 is 0 Å². The van der Waals surface area contributed by atoms with Crippen LogP contribution in [0.15, 0.2) is 54.6 Å². The molecule has 1 atom stereocenters. The molecule has 0 aliphatic rings. The topological polar surface area (TPSA) is 81.7 Å². The van der Waals surface area contributed by atoms with Crippen molar-refractivity contribution in [3.8, 4) is 0 Å². The number of carboxylic acid groups (broad SMARTS) is 1. The molecule has 0 radical (unpaired) electrons. The lowest BCUT2D eigenvalue weighted by Crippen LogP contribution is -2.47. The summed E-state index contributed by atoms with van der Waals surface area (Å²) in [5, 5.41) is 14.1. The number of nitrogens with one attached hydrogen (secondary N) is 2. The first-order valence-corrected chi connectivity index (χ1v) is 8.03. The quantitative estimate of drug-likeness (QED) is 0.721. The molecular weight excluding hydrogens is 318 g/mol. The smallest absolute Gasteiger partial charge is 0.405 e. The standard InChI is InChI=1S/C19H23N3O3/c1-22(2)16-10-8-15(9-11-16)13-20-18(23)17(21-19(24)25)12-14-6-4-3-5-7-14/h3-11,17,21H,12-13H2,1-2H3,(H,20,23)(H,24,25)/t17-/m1/s1. The van der Waals surface area contributed by atoms with Crippen LogP contribution in [0.3, 0.4) is 0 Å². The van der Waals surface area contributed by atoms with Gasteiger partial charge in [0.05, 0.1) is 0 Å². The van der Waals surface area contributed by atoms with Crippen molar-refractivity contribution in [1.29, 1.82) is 0 Å². The Labute approximate surface area is 147 Å². The fourth-order valence-corrected chi connectivity index (χ4v) is 2.43. The van der Waals surface area contributed by atoms with Crippen molar-refractivity contribution in [2.24, 2.45) is 0 Å². The molecule has 0 saturated carbocycles. The van der Waals surface area contributed by atoms with Gasteiger partial charge in [0.2, 0.25) is 5.91 Å². The maximum Gasteiger partial charge on any atom is 0.405 e. The number of nitrogens with zero attached hydrogens (tertiary/aromatic N) is 1. The zero-order chi connectivity index (χ0) is 18.2. The van der Waals surface area contributed by atoms with Crippen LogP contribution < -0.4 is 15.5 Å². The second kappa shape index (κ2) is 8.73. The van der Waals surface area contributed by atoms with Gasteiger partial charge in [0.15, 0.2) is 0 Å². The molecule has 3 N–H and O–H groups in total. The molecule has 6 nitrogen and oxygen atoms in total. The highest BCUT2D eigenvalue weighted by molar-refractivity contribution is 5.85. The zero-order valence-electron chi connectivity index (χ0n) is 14.4. The molecule has 2 amide bonds. The number of carbonyl (C=O) groups is 2. The van der Waals surface area contributed by atoms with E-state index in [1.807, 2.05) is 73.6 Å². The lowest BCUT2D eigenvalue weighted by Gasteiger charge is -2.17. The van der Waals surface area contributed by atoms with Crippen molar-refractivity contribution < 1.29 is 14.7 Å². The normalized spacial score (nSPS) is 11.4. The number of rotatable bonds is 7. The number of hydrogen-bond donors (Lipinski definition) is 3. The van der Waals surface area contributed by atoms with E-state index in [-0.39, 0.29) is 5.91 Å². The molecule has 132 valence electrons. The number of amides is 2. The summed E-state index contributed by atoms with van der Waals surface area (Å²) < 4.78 is 0. The van der Waals surface area contributed by atoms with Crippen LogP contribution in [0.1, 0.15) is 11.1 Å². The summed E-state index contributed by atoms with van der Waals surface area (Å²) >= 11 is 0. The van der Waals surface area contributed by atoms with Gasteiger partial charge >= 0.3 is 6.09 Å². The van der Waals surface area contributed by atoms with Crippen molar-refractivity contribution in [3.05, 3.63) is 65.7 Å². The summed E-state index contributed by atoms with van der Waals surface area (Å²) in [6.07, 6.45) is -0.912. The van der Waals surface area contributed by atoms with Gasteiger partial charge in [-0.05, 0) is 23.3 Å². The van der Waals surface area contributed by atoms with Gasteiger partial charge in [0, 0.05) is 32.7 Å². The minimum absolute atomic E-state index is 0.304. The lowest BCUT2D eigenvalue weighted by molar-refractivity contribution is -0.123. The third-order valence-electron chi connectivity index (χ3n) is 3.82. The maximum atomic E-state index is 12.4. The van der Waals surface area contributed by atoms with E-state index in [4.69, 9.17) is 5.11 Å². The predicted molar refractivity (Wildman–Crippen MR) is 97.7 cm³/mol. The SMILES string of the molecule is CN(C)c1ccc(CNC(=O)[C@@H](Cc2ccccc2)NC(=O)O)cc1. The molecule has 0 fully saturated rings. The summed E-state index contributed by atoms with van der Waals surface area (Å²) in [4.78, 5) is 25.4. The Morgan fingerprint density at radius 2 is 1.64 bits per heavy atom. The van der Waals surface area contributed by atoms with Gasteiger partial charge in [-0.25, -0.2) is 4.79 Å². The van der Waals surface area contributed by atoms with Crippen LogP contribution in [0.4, 0.5) is 10.5 Å². The number of carbonyl (C=O) groups excluding carboxylic acids is 1. The molecule has 0 aliphatic carbocycles. The summed E-state index contributed by atoms with van der Waals surface area (Å²) in [5.41, 5.74) is 2.92. The first-order chi connectivity index (χ1) is 12.0. The lowest BCUT2D eigenvalue weighted by atomic mass is 10.1. The highest BCUT2D eigenvalue weighted by atomic mass is 16.4. The first-order valence-electron chi connectivity index (χ1n) is 8.03. The van der Waals surface area contributed by atoms with E-state index in [0.29, 0.717) is 13.0 Å². The van der Waals surface area contributed by atoms with Gasteiger partial charge < -0.3 is 20.6 Å². The predicted octanol–water partition coefficient (Wildman–Crippen LogP) is 2.25. The van der Waals surface area contributed by atoms with Crippen molar-refractivity contribution in [3.63, 3.8) is 0 Å². The Kier molecular flexibility index (Phi) is 6.39. The molecule has 0 unspecified atom stereocenters. The van der Waals surface area contributed by atoms with Crippen molar-refractivity contribution >= 4 is 17.7 Å². The first kappa shape index (κ1) is 18.3. The minimum Gasteiger partial charge on any atom is -0.465 e. The Bertz CT molecular complexity index is 700. The van der Waals surface area contributed by atoms with Crippen LogP contribution in [-0.4, -0.2) is 37.2 Å². The van der Waals surface area contributed by atoms with Gasteiger partial charge in [-0.1, -0.05) is 42.5 Å². The molecule has 0 saturated heterocycles. The van der Waals surface area contributed by atoms with Crippen LogP contribution in [0, 0.1) is 0 Å². The van der Waals surface area contributed by atoms with Crippen molar-refractivity contribution in [2.75, 3.05) is 19.0 Å². The number of hydrogen-bond acceptors (Lipinski definition) is 3. The summed E-state index contributed by atoms with van der Waals surface area (Å²) in [5.74, 6) is -0.345. The molecule has 0 bridgehead atoms. The van der Waals surface area contributed by atoms with Gasteiger partial charge in [-0.15, -0.1) is 0 Å². The van der Waals surface area contributed by atoms with E-state index in [1.54, 1.807) is 0 Å². The van der Waals surface area contributed by atoms with Gasteiger partial charge in [-0.2, -0.15) is 0 Å². The largest absolute Gasteiger partial charge is 0.465 e. The van der Waals surface area contributed by atoms with Crippen molar-refractivity contribution in [2.45, 2.75) is 19.0 Å². The third kappa shape index (κ3) is 5.84. The number of benzene rings is 2. The van der Waals surface area contributed by atoms with Gasteiger partial charge in [0.25, 0.3) is 0 Å². The average Bonchev–Trinajstić information content (AvgIpc) is 2.60. The molecule has 2 aromatic carbocycles. The van der Waals surface area contributed by atoms with E-state index in [9.17, 15) is 9.59 Å². The fourth-order valence-electron chi connectivity index (χ4n) is 2.43. The van der Waals surface area contributed by atoms with E-state index in [0.717, 1.165) is 16.8 Å². The summed E-state index contributed by atoms with van der Waals surface area (Å²) in [6.45, 7) is 0.346. The number of anilines is 1. The van der Waals surface area contributed by atoms with Crippen LogP contribution in [0.5, 0.6) is 0 Å². The molecule has 0 heterocycles.